The fraction of sp³-hybridized carbons (Fsp3) is 0.208. The average molecular weight is 390 g/mol. The number of benzene rings is 3. The van der Waals surface area contributed by atoms with E-state index in [2.05, 4.69) is 34.9 Å². The van der Waals surface area contributed by atoms with Crippen LogP contribution in [0.1, 0.15) is 18.1 Å². The van der Waals surface area contributed by atoms with Crippen LogP contribution in [-0.4, -0.2) is 29.2 Å². The molecule has 0 aliphatic carbocycles. The van der Waals surface area contributed by atoms with Gasteiger partial charge in [-0.15, -0.1) is 0 Å². The first-order valence-corrected chi connectivity index (χ1v) is 9.68. The highest BCUT2D eigenvalue weighted by Crippen LogP contribution is 2.27. The van der Waals surface area contributed by atoms with Gasteiger partial charge in [-0.05, 0) is 47.0 Å². The molecule has 0 unspecified atom stereocenters. The van der Waals surface area contributed by atoms with Crippen LogP contribution in [0.25, 0.3) is 21.7 Å². The number of nitrogens with zero attached hydrogens (tertiary/aromatic N) is 2. The van der Waals surface area contributed by atoms with Gasteiger partial charge >= 0.3 is 6.09 Å². The standard InChI is InChI=1S/C24H23FN2O2/c1-3-29-24(28)26(2)14-19-16-27(23-12-11-20(25)13-22(19)23)15-18-9-6-8-17-7-4-5-10-21(17)18/h4-13,16H,3,14-15H2,1-2H3. The lowest BCUT2D eigenvalue weighted by Gasteiger charge is -2.15. The summed E-state index contributed by atoms with van der Waals surface area (Å²) in [4.78, 5) is 13.5. The van der Waals surface area contributed by atoms with Crippen molar-refractivity contribution in [3.63, 3.8) is 0 Å². The van der Waals surface area contributed by atoms with Crippen LogP contribution in [0.3, 0.4) is 0 Å². The van der Waals surface area contributed by atoms with Crippen molar-refractivity contribution in [3.8, 4) is 0 Å². The molecule has 0 atom stereocenters. The van der Waals surface area contributed by atoms with Crippen molar-refractivity contribution in [1.29, 1.82) is 0 Å². The van der Waals surface area contributed by atoms with Crippen LogP contribution in [0.5, 0.6) is 0 Å². The maximum Gasteiger partial charge on any atom is 0.409 e. The van der Waals surface area contributed by atoms with Crippen molar-refractivity contribution in [1.82, 2.24) is 9.47 Å². The number of fused-ring (bicyclic) bond motifs is 2. The highest BCUT2D eigenvalue weighted by molar-refractivity contribution is 5.87. The summed E-state index contributed by atoms with van der Waals surface area (Å²) in [6.45, 7) is 3.10. The number of ether oxygens (including phenoxy) is 1. The molecule has 4 rings (SSSR count). The predicted molar refractivity (Wildman–Crippen MR) is 113 cm³/mol. The number of carbonyl (C=O) groups excluding carboxylic acids is 1. The molecule has 1 aromatic heterocycles. The third kappa shape index (κ3) is 3.81. The van der Waals surface area contributed by atoms with Crippen molar-refractivity contribution in [3.05, 3.63) is 83.8 Å². The summed E-state index contributed by atoms with van der Waals surface area (Å²) in [5.74, 6) is -0.291. The SMILES string of the molecule is CCOC(=O)N(C)Cc1cn(Cc2cccc3ccccc23)c2ccc(F)cc12. The quantitative estimate of drug-likeness (QED) is 0.446. The van der Waals surface area contributed by atoms with E-state index in [0.29, 0.717) is 19.7 Å². The van der Waals surface area contributed by atoms with E-state index in [-0.39, 0.29) is 11.9 Å². The Balaban J connectivity index is 1.74. The first-order valence-electron chi connectivity index (χ1n) is 9.68. The fourth-order valence-electron chi connectivity index (χ4n) is 3.77. The van der Waals surface area contributed by atoms with Crippen molar-refractivity contribution < 1.29 is 13.9 Å². The Morgan fingerprint density at radius 1 is 1.03 bits per heavy atom. The van der Waals surface area contributed by atoms with Gasteiger partial charge in [0.15, 0.2) is 0 Å². The van der Waals surface area contributed by atoms with E-state index in [9.17, 15) is 9.18 Å². The van der Waals surface area contributed by atoms with E-state index in [1.165, 1.54) is 33.4 Å². The minimum Gasteiger partial charge on any atom is -0.450 e. The van der Waals surface area contributed by atoms with Crippen LogP contribution >= 0.6 is 0 Å². The molecule has 0 N–H and O–H groups in total. The summed E-state index contributed by atoms with van der Waals surface area (Å²) < 4.78 is 21.1. The number of halogens is 1. The molecule has 148 valence electrons. The Morgan fingerprint density at radius 3 is 2.66 bits per heavy atom. The Bertz CT molecular complexity index is 1180. The first kappa shape index (κ1) is 19.0. The average Bonchev–Trinajstić information content (AvgIpc) is 3.04. The third-order valence-electron chi connectivity index (χ3n) is 5.13. The van der Waals surface area contributed by atoms with Gasteiger partial charge in [-0.2, -0.15) is 0 Å². The number of amides is 1. The summed E-state index contributed by atoms with van der Waals surface area (Å²) in [5.41, 5.74) is 3.01. The van der Waals surface area contributed by atoms with Crippen LogP contribution < -0.4 is 0 Å². The monoisotopic (exact) mass is 390 g/mol. The van der Waals surface area contributed by atoms with Gasteiger partial charge in [0.25, 0.3) is 0 Å². The van der Waals surface area contributed by atoms with Crippen LogP contribution in [-0.2, 0) is 17.8 Å². The van der Waals surface area contributed by atoms with E-state index in [1.54, 1.807) is 20.0 Å². The zero-order chi connectivity index (χ0) is 20.4. The molecule has 0 saturated heterocycles. The van der Waals surface area contributed by atoms with Crippen LogP contribution in [0.4, 0.5) is 9.18 Å². The van der Waals surface area contributed by atoms with Gasteiger partial charge in [-0.3, -0.25) is 0 Å². The summed E-state index contributed by atoms with van der Waals surface area (Å²) in [5, 5.41) is 3.19. The maximum absolute atomic E-state index is 14.0. The molecule has 0 fully saturated rings. The molecule has 0 spiro atoms. The normalized spacial score (nSPS) is 11.1. The van der Waals surface area contributed by atoms with Gasteiger partial charge in [-0.25, -0.2) is 9.18 Å². The molecule has 0 saturated carbocycles. The zero-order valence-corrected chi connectivity index (χ0v) is 16.6. The Labute approximate surface area is 169 Å². The lowest BCUT2D eigenvalue weighted by atomic mass is 10.0. The van der Waals surface area contributed by atoms with E-state index >= 15 is 0 Å². The third-order valence-corrected chi connectivity index (χ3v) is 5.13. The number of carbonyl (C=O) groups is 1. The van der Waals surface area contributed by atoms with E-state index < -0.39 is 0 Å². The Morgan fingerprint density at radius 2 is 1.83 bits per heavy atom. The lowest BCUT2D eigenvalue weighted by molar-refractivity contribution is 0.114. The zero-order valence-electron chi connectivity index (χ0n) is 16.6. The van der Waals surface area contributed by atoms with E-state index in [1.807, 2.05) is 18.3 Å². The van der Waals surface area contributed by atoms with E-state index in [4.69, 9.17) is 4.74 Å². The molecule has 0 bridgehead atoms. The summed E-state index contributed by atoms with van der Waals surface area (Å²) >= 11 is 0. The summed E-state index contributed by atoms with van der Waals surface area (Å²) in [7, 11) is 1.69. The number of aromatic nitrogens is 1. The van der Waals surface area contributed by atoms with Gasteiger partial charge in [0.05, 0.1) is 13.2 Å². The molecule has 1 heterocycles. The Hall–Kier alpha value is -3.34. The second-order valence-corrected chi connectivity index (χ2v) is 7.14. The second kappa shape index (κ2) is 7.95. The molecule has 0 aliphatic heterocycles. The molecule has 29 heavy (non-hydrogen) atoms. The predicted octanol–water partition coefficient (Wildman–Crippen LogP) is 5.57. The molecular weight excluding hydrogens is 367 g/mol. The molecule has 5 heteroatoms. The van der Waals surface area contributed by atoms with E-state index in [0.717, 1.165) is 16.5 Å². The summed E-state index contributed by atoms with van der Waals surface area (Å²) in [6.07, 6.45) is 1.61. The second-order valence-electron chi connectivity index (χ2n) is 7.14. The van der Waals surface area contributed by atoms with Crippen LogP contribution in [0.15, 0.2) is 66.9 Å². The minimum absolute atomic E-state index is 0.291. The molecule has 0 aliphatic rings. The van der Waals surface area contributed by atoms with Crippen molar-refractivity contribution in [2.24, 2.45) is 0 Å². The molecule has 3 aromatic carbocycles. The van der Waals surface area contributed by atoms with Crippen LogP contribution in [0.2, 0.25) is 0 Å². The van der Waals surface area contributed by atoms with Crippen molar-refractivity contribution in [2.45, 2.75) is 20.0 Å². The molecule has 4 nitrogen and oxygen atoms in total. The highest BCUT2D eigenvalue weighted by Gasteiger charge is 2.16. The smallest absolute Gasteiger partial charge is 0.409 e. The Kier molecular flexibility index (Phi) is 5.21. The topological polar surface area (TPSA) is 34.5 Å². The first-order chi connectivity index (χ1) is 14.1. The van der Waals surface area contributed by atoms with Gasteiger partial charge in [0.1, 0.15) is 5.82 Å². The largest absolute Gasteiger partial charge is 0.450 e. The van der Waals surface area contributed by atoms with Crippen molar-refractivity contribution >= 4 is 27.8 Å². The van der Waals surface area contributed by atoms with Crippen LogP contribution in [0, 0.1) is 5.82 Å². The molecule has 4 aromatic rings. The number of rotatable bonds is 5. The highest BCUT2D eigenvalue weighted by atomic mass is 19.1. The number of hydrogen-bond donors (Lipinski definition) is 0. The van der Waals surface area contributed by atoms with Gasteiger partial charge in [0, 0.05) is 30.7 Å². The molecule has 0 radical (unpaired) electrons. The van der Waals surface area contributed by atoms with Gasteiger partial charge in [0.2, 0.25) is 0 Å². The molecular formula is C24H23FN2O2. The van der Waals surface area contributed by atoms with Gasteiger partial charge < -0.3 is 14.2 Å². The lowest BCUT2D eigenvalue weighted by Crippen LogP contribution is -2.26. The summed E-state index contributed by atoms with van der Waals surface area (Å²) in [6, 6.07) is 19.3. The van der Waals surface area contributed by atoms with Gasteiger partial charge in [-0.1, -0.05) is 42.5 Å². The minimum atomic E-state index is -0.390. The van der Waals surface area contributed by atoms with Crippen molar-refractivity contribution in [2.75, 3.05) is 13.7 Å². The molecule has 1 amide bonds. The fourth-order valence-corrected chi connectivity index (χ4v) is 3.77. The maximum atomic E-state index is 14.0. The number of hydrogen-bond acceptors (Lipinski definition) is 2.